The van der Waals surface area contributed by atoms with Gasteiger partial charge in [0.1, 0.15) is 5.01 Å². The SMILES string of the molecule is CC(=N)OC(=N)c1cccc(-c2nnc(N3CCC(N4CCCCC4)CC3)s2)c1. The van der Waals surface area contributed by atoms with Gasteiger partial charge in [-0.25, -0.2) is 0 Å². The number of piperidine rings is 2. The lowest BCUT2D eigenvalue weighted by atomic mass is 10.0. The van der Waals surface area contributed by atoms with Crippen LogP contribution in [0.2, 0.25) is 0 Å². The van der Waals surface area contributed by atoms with Crippen LogP contribution in [-0.4, -0.2) is 59.1 Å². The summed E-state index contributed by atoms with van der Waals surface area (Å²) in [5, 5.41) is 26.0. The maximum atomic E-state index is 7.98. The molecular formula is C21H28N6OS. The molecule has 154 valence electrons. The van der Waals surface area contributed by atoms with E-state index in [9.17, 15) is 0 Å². The van der Waals surface area contributed by atoms with Crippen molar-refractivity contribution in [1.82, 2.24) is 15.1 Å². The molecule has 0 unspecified atom stereocenters. The van der Waals surface area contributed by atoms with Crippen LogP contribution in [0.5, 0.6) is 0 Å². The molecule has 29 heavy (non-hydrogen) atoms. The van der Waals surface area contributed by atoms with E-state index in [0.717, 1.165) is 34.8 Å². The first-order chi connectivity index (χ1) is 14.1. The van der Waals surface area contributed by atoms with Gasteiger partial charge in [-0.1, -0.05) is 29.9 Å². The summed E-state index contributed by atoms with van der Waals surface area (Å²) in [7, 11) is 0. The van der Waals surface area contributed by atoms with Crippen molar-refractivity contribution in [2.24, 2.45) is 0 Å². The van der Waals surface area contributed by atoms with Crippen LogP contribution in [-0.2, 0) is 4.74 Å². The van der Waals surface area contributed by atoms with Gasteiger partial charge < -0.3 is 14.5 Å². The molecular weight excluding hydrogens is 384 g/mol. The fourth-order valence-corrected chi connectivity index (χ4v) is 5.06. The maximum Gasteiger partial charge on any atom is 0.220 e. The smallest absolute Gasteiger partial charge is 0.220 e. The van der Waals surface area contributed by atoms with Crippen LogP contribution >= 0.6 is 11.3 Å². The van der Waals surface area contributed by atoms with Crippen LogP contribution in [0.15, 0.2) is 24.3 Å². The third-order valence-electron chi connectivity index (χ3n) is 5.68. The third kappa shape index (κ3) is 4.82. The van der Waals surface area contributed by atoms with Crippen molar-refractivity contribution in [3.63, 3.8) is 0 Å². The summed E-state index contributed by atoms with van der Waals surface area (Å²) < 4.78 is 5.11. The Morgan fingerprint density at radius 2 is 1.83 bits per heavy atom. The van der Waals surface area contributed by atoms with E-state index in [1.54, 1.807) is 11.3 Å². The number of nitrogens with one attached hydrogen (secondary N) is 2. The number of anilines is 1. The van der Waals surface area contributed by atoms with Crippen LogP contribution in [0.3, 0.4) is 0 Å². The minimum absolute atomic E-state index is 0.00607. The zero-order valence-electron chi connectivity index (χ0n) is 16.9. The maximum absolute atomic E-state index is 7.98. The van der Waals surface area contributed by atoms with Crippen LogP contribution in [0.1, 0.15) is 44.6 Å². The van der Waals surface area contributed by atoms with E-state index in [4.69, 9.17) is 15.6 Å². The molecule has 0 aliphatic carbocycles. The molecule has 0 spiro atoms. The van der Waals surface area contributed by atoms with Gasteiger partial charge in [-0.3, -0.25) is 10.8 Å². The van der Waals surface area contributed by atoms with Gasteiger partial charge in [-0.15, -0.1) is 10.2 Å². The Morgan fingerprint density at radius 1 is 1.07 bits per heavy atom. The summed E-state index contributed by atoms with van der Waals surface area (Å²) in [5.41, 5.74) is 1.55. The van der Waals surface area contributed by atoms with Gasteiger partial charge in [-0.2, -0.15) is 0 Å². The van der Waals surface area contributed by atoms with Crippen LogP contribution in [0.4, 0.5) is 5.13 Å². The number of nitrogens with zero attached hydrogens (tertiary/aromatic N) is 4. The lowest BCUT2D eigenvalue weighted by Crippen LogP contribution is -2.46. The van der Waals surface area contributed by atoms with Crippen molar-refractivity contribution in [3.8, 4) is 10.6 Å². The average molecular weight is 413 g/mol. The minimum atomic E-state index is -0.0242. The molecule has 2 N–H and O–H groups in total. The van der Waals surface area contributed by atoms with Crippen LogP contribution in [0.25, 0.3) is 10.6 Å². The Kier molecular flexibility index (Phi) is 6.20. The van der Waals surface area contributed by atoms with E-state index in [0.29, 0.717) is 5.56 Å². The van der Waals surface area contributed by atoms with Crippen molar-refractivity contribution in [1.29, 1.82) is 10.8 Å². The molecule has 7 nitrogen and oxygen atoms in total. The van der Waals surface area contributed by atoms with Crippen molar-refractivity contribution >= 4 is 28.3 Å². The van der Waals surface area contributed by atoms with Crippen molar-refractivity contribution in [3.05, 3.63) is 29.8 Å². The first-order valence-corrected chi connectivity index (χ1v) is 11.2. The molecule has 0 saturated carbocycles. The molecule has 0 radical (unpaired) electrons. The number of hydrogen-bond donors (Lipinski definition) is 2. The second-order valence-corrected chi connectivity index (χ2v) is 8.73. The number of ether oxygens (including phenoxy) is 1. The molecule has 0 bridgehead atoms. The molecule has 0 amide bonds. The molecule has 8 heteroatoms. The fourth-order valence-electron chi connectivity index (χ4n) is 4.17. The van der Waals surface area contributed by atoms with Crippen molar-refractivity contribution in [2.75, 3.05) is 31.1 Å². The topological polar surface area (TPSA) is 89.2 Å². The summed E-state index contributed by atoms with van der Waals surface area (Å²) in [6, 6.07) is 8.26. The quantitative estimate of drug-likeness (QED) is 0.585. The van der Waals surface area contributed by atoms with Gasteiger partial charge in [0.05, 0.1) is 0 Å². The van der Waals surface area contributed by atoms with Crippen LogP contribution in [0, 0.1) is 10.8 Å². The highest BCUT2D eigenvalue weighted by molar-refractivity contribution is 7.18. The highest BCUT2D eigenvalue weighted by Crippen LogP contribution is 2.31. The molecule has 3 heterocycles. The number of rotatable bonds is 4. The summed E-state index contributed by atoms with van der Waals surface area (Å²) >= 11 is 1.60. The van der Waals surface area contributed by atoms with Crippen molar-refractivity contribution < 1.29 is 4.74 Å². The first-order valence-electron chi connectivity index (χ1n) is 10.3. The predicted octanol–water partition coefficient (Wildman–Crippen LogP) is 4.00. The highest BCUT2D eigenvalue weighted by Gasteiger charge is 2.27. The van der Waals surface area contributed by atoms with E-state index in [1.807, 2.05) is 24.3 Å². The van der Waals surface area contributed by atoms with Crippen molar-refractivity contribution in [2.45, 2.75) is 45.1 Å². The first kappa shape index (κ1) is 20.0. The summed E-state index contributed by atoms with van der Waals surface area (Å²) in [5.74, 6) is -0.0181. The Bertz CT molecular complexity index is 868. The molecule has 1 aromatic carbocycles. The standard InChI is InChI=1S/C21H28N6OS/c1-15(22)28-19(23)16-6-5-7-17(14-16)20-24-25-21(29-20)27-12-8-18(9-13-27)26-10-3-2-4-11-26/h5-7,14,18,22-23H,2-4,8-13H2,1H3. The van der Waals surface area contributed by atoms with E-state index < -0.39 is 0 Å². The predicted molar refractivity (Wildman–Crippen MR) is 117 cm³/mol. The zero-order valence-corrected chi connectivity index (χ0v) is 17.7. The Balaban J connectivity index is 1.40. The molecule has 2 saturated heterocycles. The van der Waals surface area contributed by atoms with Gasteiger partial charge in [0, 0.05) is 37.2 Å². The molecule has 2 aromatic rings. The van der Waals surface area contributed by atoms with Crippen LogP contribution < -0.4 is 4.90 Å². The molecule has 4 rings (SSSR count). The van der Waals surface area contributed by atoms with Gasteiger partial charge in [0.15, 0.2) is 5.90 Å². The molecule has 2 aliphatic heterocycles. The average Bonchev–Trinajstić information content (AvgIpc) is 3.24. The summed E-state index contributed by atoms with van der Waals surface area (Å²) in [6.07, 6.45) is 6.47. The lowest BCUT2D eigenvalue weighted by Gasteiger charge is -2.40. The number of benzene rings is 1. The Morgan fingerprint density at radius 3 is 2.55 bits per heavy atom. The third-order valence-corrected chi connectivity index (χ3v) is 6.72. The van der Waals surface area contributed by atoms with E-state index in [-0.39, 0.29) is 11.8 Å². The van der Waals surface area contributed by atoms with Gasteiger partial charge in [-0.05, 0) is 50.9 Å². The number of aromatic nitrogens is 2. The number of likely N-dealkylation sites (tertiary alicyclic amines) is 1. The normalized spacial score (nSPS) is 18.6. The lowest BCUT2D eigenvalue weighted by molar-refractivity contribution is 0.141. The van der Waals surface area contributed by atoms with Gasteiger partial charge >= 0.3 is 0 Å². The number of hydrogen-bond acceptors (Lipinski definition) is 8. The molecule has 2 aliphatic rings. The summed E-state index contributed by atoms with van der Waals surface area (Å²) in [6.45, 7) is 6.12. The Labute approximate surface area is 175 Å². The summed E-state index contributed by atoms with van der Waals surface area (Å²) in [4.78, 5) is 5.04. The second kappa shape index (κ2) is 9.00. The molecule has 2 fully saturated rings. The molecule has 0 atom stereocenters. The van der Waals surface area contributed by atoms with E-state index in [1.165, 1.54) is 52.1 Å². The van der Waals surface area contributed by atoms with E-state index in [2.05, 4.69) is 20.0 Å². The zero-order chi connectivity index (χ0) is 20.2. The molecule has 1 aromatic heterocycles. The Hall–Kier alpha value is -2.32. The monoisotopic (exact) mass is 412 g/mol. The largest absolute Gasteiger partial charge is 0.426 e. The minimum Gasteiger partial charge on any atom is -0.426 e. The van der Waals surface area contributed by atoms with Gasteiger partial charge in [0.25, 0.3) is 0 Å². The second-order valence-electron chi connectivity index (χ2n) is 7.77. The fraction of sp³-hybridized carbons (Fsp3) is 0.524. The highest BCUT2D eigenvalue weighted by atomic mass is 32.1. The van der Waals surface area contributed by atoms with Gasteiger partial charge in [0.2, 0.25) is 11.0 Å². The van der Waals surface area contributed by atoms with E-state index >= 15 is 0 Å².